The van der Waals surface area contributed by atoms with Crippen LogP contribution in [0.5, 0.6) is 0 Å². The summed E-state index contributed by atoms with van der Waals surface area (Å²) in [4.78, 5) is 10.6. The van der Waals surface area contributed by atoms with Gasteiger partial charge in [0.15, 0.2) is 0 Å². The number of nitrogens with one attached hydrogen (secondary N) is 1. The first-order valence-corrected chi connectivity index (χ1v) is 6.33. The van der Waals surface area contributed by atoms with E-state index in [2.05, 4.69) is 0 Å². The Balaban J connectivity index is 2.95. The summed E-state index contributed by atoms with van der Waals surface area (Å²) in [5.74, 6) is 0.494. The SMILES string of the molecule is O=C(CCCCCCCCCCCl)NO. The van der Waals surface area contributed by atoms with Crippen LogP contribution in [0.4, 0.5) is 0 Å². The molecule has 0 saturated heterocycles. The van der Waals surface area contributed by atoms with Gasteiger partial charge in [0.25, 0.3) is 0 Å². The highest BCUT2D eigenvalue weighted by Gasteiger charge is 1.97. The van der Waals surface area contributed by atoms with Crippen LogP contribution in [-0.2, 0) is 4.79 Å². The van der Waals surface area contributed by atoms with Crippen molar-refractivity contribution in [3.05, 3.63) is 0 Å². The molecule has 0 saturated carbocycles. The fraction of sp³-hybridized carbons (Fsp3) is 0.909. The van der Waals surface area contributed by atoms with Gasteiger partial charge in [-0.15, -0.1) is 11.6 Å². The molecule has 3 nitrogen and oxygen atoms in total. The molecule has 2 N–H and O–H groups in total. The van der Waals surface area contributed by atoms with Crippen molar-refractivity contribution in [1.82, 2.24) is 5.48 Å². The van der Waals surface area contributed by atoms with Crippen LogP contribution in [0.1, 0.15) is 57.8 Å². The molecule has 0 rings (SSSR count). The zero-order valence-electron chi connectivity index (χ0n) is 9.30. The number of hydroxylamine groups is 1. The van der Waals surface area contributed by atoms with E-state index in [1.807, 2.05) is 0 Å². The number of hydrogen-bond acceptors (Lipinski definition) is 2. The quantitative estimate of drug-likeness (QED) is 0.264. The van der Waals surface area contributed by atoms with Crippen molar-refractivity contribution in [2.45, 2.75) is 57.8 Å². The lowest BCUT2D eigenvalue weighted by Crippen LogP contribution is -2.17. The maximum atomic E-state index is 10.6. The highest BCUT2D eigenvalue weighted by molar-refractivity contribution is 6.17. The molecule has 0 heterocycles. The fourth-order valence-corrected chi connectivity index (χ4v) is 1.69. The van der Waals surface area contributed by atoms with E-state index in [-0.39, 0.29) is 5.91 Å². The molecular formula is C11H22ClNO2. The normalized spacial score (nSPS) is 10.3. The molecule has 1 amide bonds. The third kappa shape index (κ3) is 11.6. The molecule has 0 aromatic heterocycles. The smallest absolute Gasteiger partial charge is 0.243 e. The van der Waals surface area contributed by atoms with Gasteiger partial charge in [0.2, 0.25) is 5.91 Å². The van der Waals surface area contributed by atoms with Crippen LogP contribution in [0.2, 0.25) is 0 Å². The summed E-state index contributed by atoms with van der Waals surface area (Å²) in [5.41, 5.74) is 1.64. The summed E-state index contributed by atoms with van der Waals surface area (Å²) in [6, 6.07) is 0. The molecular weight excluding hydrogens is 214 g/mol. The number of hydrogen-bond donors (Lipinski definition) is 2. The molecule has 0 aromatic rings. The standard InChI is InChI=1S/C11H22ClNO2/c12-10-8-6-4-2-1-3-5-7-9-11(14)13-15/h15H,1-10H2,(H,13,14). The Morgan fingerprint density at radius 3 is 1.87 bits per heavy atom. The minimum absolute atomic E-state index is 0.280. The van der Waals surface area contributed by atoms with Gasteiger partial charge in [-0.05, 0) is 12.8 Å². The van der Waals surface area contributed by atoms with Gasteiger partial charge in [-0.2, -0.15) is 0 Å². The molecule has 0 aromatic carbocycles. The molecule has 0 radical (unpaired) electrons. The Labute approximate surface area is 97.2 Å². The van der Waals surface area contributed by atoms with Crippen molar-refractivity contribution in [2.24, 2.45) is 0 Å². The third-order valence-corrected chi connectivity index (χ3v) is 2.68. The second-order valence-electron chi connectivity index (χ2n) is 3.80. The van der Waals surface area contributed by atoms with Gasteiger partial charge < -0.3 is 0 Å². The summed E-state index contributed by atoms with van der Waals surface area (Å²) >= 11 is 5.57. The molecule has 0 unspecified atom stereocenters. The van der Waals surface area contributed by atoms with Crippen LogP contribution in [0.3, 0.4) is 0 Å². The van der Waals surface area contributed by atoms with Gasteiger partial charge in [0, 0.05) is 12.3 Å². The lowest BCUT2D eigenvalue weighted by molar-refractivity contribution is -0.129. The largest absolute Gasteiger partial charge is 0.289 e. The summed E-state index contributed by atoms with van der Waals surface area (Å²) in [7, 11) is 0. The van der Waals surface area contributed by atoms with Gasteiger partial charge in [-0.1, -0.05) is 38.5 Å². The summed E-state index contributed by atoms with van der Waals surface area (Å²) in [5, 5.41) is 8.25. The molecule has 0 aliphatic carbocycles. The number of unbranched alkanes of at least 4 members (excludes halogenated alkanes) is 7. The van der Waals surface area contributed by atoms with Crippen molar-refractivity contribution in [3.8, 4) is 0 Å². The van der Waals surface area contributed by atoms with Crippen LogP contribution >= 0.6 is 11.6 Å². The molecule has 4 heteroatoms. The first kappa shape index (κ1) is 14.7. The second kappa shape index (κ2) is 11.8. The fourth-order valence-electron chi connectivity index (χ4n) is 1.50. The number of carbonyl (C=O) groups excluding carboxylic acids is 1. The van der Waals surface area contributed by atoms with Gasteiger partial charge in [0.05, 0.1) is 0 Å². The lowest BCUT2D eigenvalue weighted by Gasteiger charge is -2.01. The zero-order valence-corrected chi connectivity index (χ0v) is 10.1. The average Bonchev–Trinajstić information content (AvgIpc) is 2.26. The number of amides is 1. The van der Waals surface area contributed by atoms with E-state index in [1.54, 1.807) is 5.48 Å². The Hall–Kier alpha value is -0.280. The second-order valence-corrected chi connectivity index (χ2v) is 4.18. The molecule has 15 heavy (non-hydrogen) atoms. The van der Waals surface area contributed by atoms with Gasteiger partial charge in [-0.25, -0.2) is 5.48 Å². The molecule has 0 fully saturated rings. The van der Waals surface area contributed by atoms with E-state index in [0.29, 0.717) is 6.42 Å². The first-order valence-electron chi connectivity index (χ1n) is 5.80. The van der Waals surface area contributed by atoms with E-state index in [0.717, 1.165) is 25.1 Å². The van der Waals surface area contributed by atoms with Crippen LogP contribution in [0.25, 0.3) is 0 Å². The Morgan fingerprint density at radius 1 is 0.933 bits per heavy atom. The number of carbonyl (C=O) groups is 1. The van der Waals surface area contributed by atoms with Crippen molar-refractivity contribution in [3.63, 3.8) is 0 Å². The van der Waals surface area contributed by atoms with E-state index < -0.39 is 0 Å². The predicted octanol–water partition coefficient (Wildman–Crippen LogP) is 3.24. The predicted molar refractivity (Wildman–Crippen MR) is 62.2 cm³/mol. The maximum absolute atomic E-state index is 10.6. The Kier molecular flexibility index (Phi) is 11.6. The third-order valence-electron chi connectivity index (χ3n) is 2.41. The van der Waals surface area contributed by atoms with E-state index >= 15 is 0 Å². The maximum Gasteiger partial charge on any atom is 0.243 e. The Bertz CT molecular complexity index is 154. The summed E-state index contributed by atoms with van der Waals surface area (Å²) in [6.07, 6.45) is 9.68. The number of halogens is 1. The van der Waals surface area contributed by atoms with Crippen LogP contribution in [-0.4, -0.2) is 17.0 Å². The first-order chi connectivity index (χ1) is 7.31. The van der Waals surface area contributed by atoms with Crippen molar-refractivity contribution < 1.29 is 10.0 Å². The molecule has 90 valence electrons. The average molecular weight is 236 g/mol. The molecule has 0 atom stereocenters. The minimum Gasteiger partial charge on any atom is -0.289 e. The number of alkyl halides is 1. The summed E-state index contributed by atoms with van der Waals surface area (Å²) in [6.45, 7) is 0. The van der Waals surface area contributed by atoms with Gasteiger partial charge in [0.1, 0.15) is 0 Å². The summed E-state index contributed by atoms with van der Waals surface area (Å²) < 4.78 is 0. The molecule has 0 aliphatic rings. The van der Waals surface area contributed by atoms with Crippen LogP contribution < -0.4 is 5.48 Å². The van der Waals surface area contributed by atoms with Gasteiger partial charge in [-0.3, -0.25) is 10.0 Å². The zero-order chi connectivity index (χ0) is 11.4. The minimum atomic E-state index is -0.280. The van der Waals surface area contributed by atoms with Crippen LogP contribution in [0, 0.1) is 0 Å². The monoisotopic (exact) mass is 235 g/mol. The Morgan fingerprint density at radius 2 is 1.40 bits per heavy atom. The molecule has 0 aliphatic heterocycles. The molecule has 0 bridgehead atoms. The molecule has 0 spiro atoms. The van der Waals surface area contributed by atoms with Crippen LogP contribution in [0.15, 0.2) is 0 Å². The van der Waals surface area contributed by atoms with E-state index in [1.165, 1.54) is 32.1 Å². The van der Waals surface area contributed by atoms with E-state index in [4.69, 9.17) is 16.8 Å². The van der Waals surface area contributed by atoms with E-state index in [9.17, 15) is 4.79 Å². The highest BCUT2D eigenvalue weighted by Crippen LogP contribution is 2.09. The lowest BCUT2D eigenvalue weighted by atomic mass is 10.1. The van der Waals surface area contributed by atoms with Crippen molar-refractivity contribution in [2.75, 3.05) is 5.88 Å². The van der Waals surface area contributed by atoms with Gasteiger partial charge >= 0.3 is 0 Å². The van der Waals surface area contributed by atoms with Crippen molar-refractivity contribution in [1.29, 1.82) is 0 Å². The van der Waals surface area contributed by atoms with Crippen molar-refractivity contribution >= 4 is 17.5 Å². The topological polar surface area (TPSA) is 49.3 Å². The highest BCUT2D eigenvalue weighted by atomic mass is 35.5. The number of rotatable bonds is 10.